The van der Waals surface area contributed by atoms with Crippen molar-refractivity contribution in [2.24, 2.45) is 0 Å². The minimum absolute atomic E-state index is 0.00554. The Bertz CT molecular complexity index is 2130. The Morgan fingerprint density at radius 1 is 0.968 bits per heavy atom. The highest BCUT2D eigenvalue weighted by Gasteiger charge is 2.41. The van der Waals surface area contributed by atoms with E-state index in [1.807, 2.05) is 46.7 Å². The predicted octanol–water partition coefficient (Wildman–Crippen LogP) is 6.30. The first-order valence-corrected chi connectivity index (χ1v) is 23.3. The summed E-state index contributed by atoms with van der Waals surface area (Å²) in [5.74, 6) is 0.371. The molecule has 3 amide bonds. The van der Waals surface area contributed by atoms with Crippen molar-refractivity contribution in [2.75, 3.05) is 77.6 Å². The second kappa shape index (κ2) is 21.0. The van der Waals surface area contributed by atoms with Crippen molar-refractivity contribution in [3.8, 4) is 22.1 Å². The number of hydrogen-bond donors (Lipinski definition) is 3. The average molecular weight is 865 g/mol. The van der Waals surface area contributed by atoms with Crippen LogP contribution in [0.25, 0.3) is 10.6 Å². The van der Waals surface area contributed by atoms with E-state index in [0.29, 0.717) is 82.5 Å². The van der Waals surface area contributed by atoms with Gasteiger partial charge in [-0.25, -0.2) is 4.98 Å². The van der Waals surface area contributed by atoms with Crippen LogP contribution in [0.1, 0.15) is 78.5 Å². The average Bonchev–Trinajstić information content (AvgIpc) is 3.80. The molecule has 4 aromatic rings. The molecule has 8 rings (SSSR count). The lowest BCUT2D eigenvalue weighted by Crippen LogP contribution is -2.58. The highest BCUT2D eigenvalue weighted by molar-refractivity contribution is 7.13. The second-order valence-electron chi connectivity index (χ2n) is 17.0. The van der Waals surface area contributed by atoms with E-state index >= 15 is 0 Å². The first-order chi connectivity index (χ1) is 30.3. The van der Waals surface area contributed by atoms with Gasteiger partial charge in [0.1, 0.15) is 22.1 Å². The number of likely N-dealkylation sites (tertiary alicyclic amines) is 1. The van der Waals surface area contributed by atoms with E-state index in [0.717, 1.165) is 80.7 Å². The van der Waals surface area contributed by atoms with Crippen molar-refractivity contribution in [1.29, 1.82) is 0 Å². The van der Waals surface area contributed by atoms with Crippen LogP contribution >= 0.6 is 11.3 Å². The maximum absolute atomic E-state index is 13.6. The fourth-order valence-electron chi connectivity index (χ4n) is 9.29. The molecular weight excluding hydrogens is 805 g/mol. The normalized spacial score (nSPS) is 17.9. The topological polar surface area (TPSA) is 146 Å². The van der Waals surface area contributed by atoms with Crippen LogP contribution in [0.2, 0.25) is 0 Å². The van der Waals surface area contributed by atoms with Crippen LogP contribution < -0.4 is 15.4 Å². The molecule has 3 fully saturated rings. The van der Waals surface area contributed by atoms with Crippen LogP contribution in [0.5, 0.6) is 11.5 Å². The standard InChI is InChI=1S/C48H60N6O7S/c55-41-15-14-37(45-44(41)51-42(56)32-60-45)16-21-49-22-25-54(39-12-5-2-6-13-39)43(57)18-28-59-27-17-35-8-7-9-36(30-35)31-52-23-19-48(20-24-52)34-53(26-29-61-48)47(58)40-33-62-46(50-40)38-10-3-1-4-11-38/h1,3-4,7-11,14-15,30,33,39,49,55H,2,5-6,12-13,16-29,31-32,34H2,(H,51,56). The van der Waals surface area contributed by atoms with Crippen molar-refractivity contribution >= 4 is 34.7 Å². The summed E-state index contributed by atoms with van der Waals surface area (Å²) in [5, 5.41) is 19.1. The van der Waals surface area contributed by atoms with Crippen molar-refractivity contribution in [3.63, 3.8) is 0 Å². The first kappa shape index (κ1) is 43.8. The van der Waals surface area contributed by atoms with Gasteiger partial charge in [0.05, 0.1) is 38.4 Å². The number of hydrogen-bond acceptors (Lipinski definition) is 11. The van der Waals surface area contributed by atoms with Gasteiger partial charge in [0, 0.05) is 56.3 Å². The van der Waals surface area contributed by atoms with Crippen LogP contribution in [0, 0.1) is 0 Å². The number of thiazole rings is 1. The highest BCUT2D eigenvalue weighted by atomic mass is 32.1. The number of aromatic hydroxyl groups is 1. The Kier molecular flexibility index (Phi) is 14.8. The number of fused-ring (bicyclic) bond motifs is 1. The molecule has 4 aliphatic rings. The molecule has 0 unspecified atom stereocenters. The lowest BCUT2D eigenvalue weighted by Gasteiger charge is -2.47. The molecule has 62 heavy (non-hydrogen) atoms. The molecule has 2 saturated heterocycles. The van der Waals surface area contributed by atoms with Gasteiger partial charge in [0.15, 0.2) is 12.4 Å². The van der Waals surface area contributed by atoms with Crippen molar-refractivity contribution in [2.45, 2.75) is 82.4 Å². The zero-order chi connectivity index (χ0) is 42.7. The summed E-state index contributed by atoms with van der Waals surface area (Å²) in [6, 6.07) is 22.4. The number of benzene rings is 3. The zero-order valence-corrected chi connectivity index (χ0v) is 36.5. The predicted molar refractivity (Wildman–Crippen MR) is 240 cm³/mol. The molecule has 13 nitrogen and oxygen atoms in total. The van der Waals surface area contributed by atoms with Gasteiger partial charge in [-0.1, -0.05) is 79.9 Å². The molecule has 14 heteroatoms. The summed E-state index contributed by atoms with van der Waals surface area (Å²) < 4.78 is 18.1. The number of carbonyl (C=O) groups is 3. The third-order valence-electron chi connectivity index (χ3n) is 12.7. The Balaban J connectivity index is 0.743. The van der Waals surface area contributed by atoms with E-state index in [-0.39, 0.29) is 41.7 Å². The molecule has 3 N–H and O–H groups in total. The highest BCUT2D eigenvalue weighted by Crippen LogP contribution is 2.39. The number of phenols is 1. The SMILES string of the molecule is O=C1COc2c(CCNCCN(C(=O)CCOCCc3cccc(CN4CCC5(CC4)CN(C(=O)c4csc(-c6ccccc6)n4)CCO5)c3)C3CCCCC3)ccc(O)c2N1. The lowest BCUT2D eigenvalue weighted by molar-refractivity contribution is -0.135. The van der Waals surface area contributed by atoms with Gasteiger partial charge >= 0.3 is 0 Å². The molecule has 3 aromatic carbocycles. The molecule has 0 atom stereocenters. The monoisotopic (exact) mass is 864 g/mol. The molecule has 330 valence electrons. The third kappa shape index (κ3) is 11.2. The fraction of sp³-hybridized carbons (Fsp3) is 0.500. The van der Waals surface area contributed by atoms with Gasteiger partial charge < -0.3 is 39.8 Å². The number of piperidine rings is 1. The molecule has 1 saturated carbocycles. The third-order valence-corrected chi connectivity index (χ3v) is 13.6. The summed E-state index contributed by atoms with van der Waals surface area (Å²) in [6.07, 6.45) is 9.19. The first-order valence-electron chi connectivity index (χ1n) is 22.4. The van der Waals surface area contributed by atoms with Gasteiger partial charge in [-0.15, -0.1) is 11.3 Å². The molecule has 1 spiro atoms. The van der Waals surface area contributed by atoms with Gasteiger partial charge in [-0.05, 0) is 67.8 Å². The van der Waals surface area contributed by atoms with Crippen LogP contribution in [0.15, 0.2) is 72.1 Å². The zero-order valence-electron chi connectivity index (χ0n) is 35.7. The van der Waals surface area contributed by atoms with E-state index in [1.54, 1.807) is 6.07 Å². The summed E-state index contributed by atoms with van der Waals surface area (Å²) in [6.45, 7) is 7.29. The Hall–Kier alpha value is -4.86. The number of aromatic nitrogens is 1. The van der Waals surface area contributed by atoms with Crippen LogP contribution in [0.3, 0.4) is 0 Å². The van der Waals surface area contributed by atoms with Crippen LogP contribution in [-0.4, -0.2) is 126 Å². The van der Waals surface area contributed by atoms with E-state index in [1.165, 1.54) is 28.9 Å². The number of amides is 3. The van der Waals surface area contributed by atoms with E-state index in [9.17, 15) is 19.5 Å². The Morgan fingerprint density at radius 3 is 2.63 bits per heavy atom. The molecule has 4 heterocycles. The number of anilines is 1. The molecule has 0 radical (unpaired) electrons. The summed E-state index contributed by atoms with van der Waals surface area (Å²) in [7, 11) is 0. The van der Waals surface area contributed by atoms with Gasteiger partial charge in [-0.2, -0.15) is 0 Å². The van der Waals surface area contributed by atoms with Gasteiger partial charge in [0.2, 0.25) is 5.91 Å². The molecule has 1 aliphatic carbocycles. The summed E-state index contributed by atoms with van der Waals surface area (Å²) in [5.41, 5.74) is 4.96. The smallest absolute Gasteiger partial charge is 0.273 e. The van der Waals surface area contributed by atoms with E-state index < -0.39 is 0 Å². The quantitative estimate of drug-likeness (QED) is 0.0818. The maximum atomic E-state index is 13.6. The van der Waals surface area contributed by atoms with Gasteiger partial charge in [-0.3, -0.25) is 19.3 Å². The number of nitrogens with one attached hydrogen (secondary N) is 2. The van der Waals surface area contributed by atoms with E-state index in [4.69, 9.17) is 14.2 Å². The van der Waals surface area contributed by atoms with Crippen molar-refractivity contribution < 1.29 is 33.7 Å². The van der Waals surface area contributed by atoms with E-state index in [2.05, 4.69) is 49.7 Å². The number of morpholine rings is 1. The minimum atomic E-state index is -0.317. The van der Waals surface area contributed by atoms with Crippen molar-refractivity contribution in [1.82, 2.24) is 25.0 Å². The number of rotatable bonds is 17. The van der Waals surface area contributed by atoms with Crippen LogP contribution in [-0.2, 0) is 38.4 Å². The number of ether oxygens (including phenoxy) is 3. The number of phenolic OH excluding ortho intramolecular Hbond substituents is 1. The lowest BCUT2D eigenvalue weighted by atomic mass is 9.89. The second-order valence-corrected chi connectivity index (χ2v) is 17.9. The number of carbonyl (C=O) groups excluding carboxylic acids is 3. The molecule has 3 aliphatic heterocycles. The van der Waals surface area contributed by atoms with Crippen molar-refractivity contribution in [3.05, 3.63) is 94.5 Å². The number of nitrogens with zero attached hydrogens (tertiary/aromatic N) is 4. The fourth-order valence-corrected chi connectivity index (χ4v) is 10.1. The Labute approximate surface area is 368 Å². The molecule has 1 aromatic heterocycles. The van der Waals surface area contributed by atoms with Gasteiger partial charge in [0.25, 0.3) is 11.8 Å². The Morgan fingerprint density at radius 2 is 1.79 bits per heavy atom. The largest absolute Gasteiger partial charge is 0.506 e. The minimum Gasteiger partial charge on any atom is -0.506 e. The molecular formula is C48H60N6O7S. The maximum Gasteiger partial charge on any atom is 0.273 e. The van der Waals surface area contributed by atoms with Crippen LogP contribution in [0.4, 0.5) is 5.69 Å². The molecule has 0 bridgehead atoms. The summed E-state index contributed by atoms with van der Waals surface area (Å²) in [4.78, 5) is 50.0. The summed E-state index contributed by atoms with van der Waals surface area (Å²) >= 11 is 1.51.